The van der Waals surface area contributed by atoms with Crippen LogP contribution in [0.3, 0.4) is 0 Å². The van der Waals surface area contributed by atoms with Gasteiger partial charge in [-0.1, -0.05) is 6.07 Å². The van der Waals surface area contributed by atoms with Crippen molar-refractivity contribution in [1.82, 2.24) is 0 Å². The first-order valence-electron chi connectivity index (χ1n) is 6.78. The molecule has 2 aromatic rings. The maximum absolute atomic E-state index is 10.1. The summed E-state index contributed by atoms with van der Waals surface area (Å²) >= 11 is 0. The summed E-state index contributed by atoms with van der Waals surface area (Å²) in [6, 6.07) is 9.31. The second kappa shape index (κ2) is 8.94. The monoisotopic (exact) mass is 333 g/mol. The lowest BCUT2D eigenvalue weighted by atomic mass is 10.2. The summed E-state index contributed by atoms with van der Waals surface area (Å²) in [6.45, 7) is 0. The number of hydrogen-bond donors (Lipinski definition) is 4. The number of carboxylic acids is 1. The molecule has 0 heterocycles. The summed E-state index contributed by atoms with van der Waals surface area (Å²) in [5.41, 5.74) is 6.70. The number of benzene rings is 2. The van der Waals surface area contributed by atoms with Gasteiger partial charge in [0.2, 0.25) is 0 Å². The molecule has 7 nitrogen and oxygen atoms in total. The van der Waals surface area contributed by atoms with Crippen LogP contribution in [0, 0.1) is 0 Å². The third-order valence-corrected chi connectivity index (χ3v) is 2.83. The van der Waals surface area contributed by atoms with Crippen LogP contribution in [0.5, 0.6) is 23.0 Å². The van der Waals surface area contributed by atoms with E-state index in [1.54, 1.807) is 32.4 Å². The Morgan fingerprint density at radius 3 is 2.21 bits per heavy atom. The second-order valence-electron chi connectivity index (χ2n) is 4.53. The van der Waals surface area contributed by atoms with E-state index < -0.39 is 5.97 Å². The predicted molar refractivity (Wildman–Crippen MR) is 90.4 cm³/mol. The number of hydrogen-bond acceptors (Lipinski definition) is 6. The SMILES string of the molecule is COc1ccc(N)cc1OC.O=C(O)/C=C/c1ccc(O)c(O)c1. The van der Waals surface area contributed by atoms with Gasteiger partial charge in [-0.05, 0) is 35.9 Å². The lowest BCUT2D eigenvalue weighted by molar-refractivity contribution is -0.131. The summed E-state index contributed by atoms with van der Waals surface area (Å²) in [5.74, 6) is -0.207. The largest absolute Gasteiger partial charge is 0.504 e. The van der Waals surface area contributed by atoms with E-state index in [2.05, 4.69) is 0 Å². The second-order valence-corrected chi connectivity index (χ2v) is 4.53. The van der Waals surface area contributed by atoms with Crippen molar-refractivity contribution in [2.24, 2.45) is 0 Å². The summed E-state index contributed by atoms with van der Waals surface area (Å²) < 4.78 is 10.0. The summed E-state index contributed by atoms with van der Waals surface area (Å²) in [5, 5.41) is 26.3. The molecule has 7 heteroatoms. The molecule has 0 aliphatic heterocycles. The van der Waals surface area contributed by atoms with Gasteiger partial charge in [-0.25, -0.2) is 4.79 Å². The number of nitrogens with two attached hydrogens (primary N) is 1. The summed E-state index contributed by atoms with van der Waals surface area (Å²) in [6.07, 6.45) is 2.27. The molecule has 0 unspecified atom stereocenters. The average Bonchev–Trinajstić information content (AvgIpc) is 2.56. The first-order chi connectivity index (χ1) is 11.4. The van der Waals surface area contributed by atoms with Crippen LogP contribution in [0.4, 0.5) is 5.69 Å². The van der Waals surface area contributed by atoms with Crippen molar-refractivity contribution in [2.45, 2.75) is 0 Å². The van der Waals surface area contributed by atoms with E-state index in [1.807, 2.05) is 0 Å². The van der Waals surface area contributed by atoms with Gasteiger partial charge in [0.25, 0.3) is 0 Å². The Morgan fingerprint density at radius 2 is 1.67 bits per heavy atom. The number of rotatable bonds is 4. The van der Waals surface area contributed by atoms with Crippen LogP contribution in [0.25, 0.3) is 6.08 Å². The predicted octanol–water partition coefficient (Wildman–Crippen LogP) is 2.48. The molecule has 0 radical (unpaired) electrons. The minimum Gasteiger partial charge on any atom is -0.504 e. The number of aromatic hydroxyl groups is 2. The molecular formula is C17H19NO6. The molecule has 0 aromatic heterocycles. The van der Waals surface area contributed by atoms with E-state index in [0.717, 1.165) is 6.08 Å². The van der Waals surface area contributed by atoms with Gasteiger partial charge in [-0.2, -0.15) is 0 Å². The van der Waals surface area contributed by atoms with Crippen LogP contribution in [0.2, 0.25) is 0 Å². The fraction of sp³-hybridized carbons (Fsp3) is 0.118. The molecule has 0 fully saturated rings. The van der Waals surface area contributed by atoms with Crippen molar-refractivity contribution in [3.63, 3.8) is 0 Å². The first-order valence-corrected chi connectivity index (χ1v) is 6.78. The van der Waals surface area contributed by atoms with E-state index >= 15 is 0 Å². The Labute approximate surface area is 139 Å². The molecule has 0 atom stereocenters. The number of ether oxygens (including phenoxy) is 2. The van der Waals surface area contributed by atoms with Crippen LogP contribution in [0.1, 0.15) is 5.56 Å². The highest BCUT2D eigenvalue weighted by Gasteiger charge is 2.01. The Balaban J connectivity index is 0.000000243. The van der Waals surface area contributed by atoms with Gasteiger partial charge in [0.1, 0.15) is 0 Å². The van der Waals surface area contributed by atoms with E-state index in [4.69, 9.17) is 30.5 Å². The first kappa shape index (κ1) is 18.7. The van der Waals surface area contributed by atoms with Crippen molar-refractivity contribution in [3.8, 4) is 23.0 Å². The highest BCUT2D eigenvalue weighted by Crippen LogP contribution is 2.28. The highest BCUT2D eigenvalue weighted by molar-refractivity contribution is 5.85. The highest BCUT2D eigenvalue weighted by atomic mass is 16.5. The van der Waals surface area contributed by atoms with Crippen LogP contribution in [-0.4, -0.2) is 35.5 Å². The number of methoxy groups -OCH3 is 2. The van der Waals surface area contributed by atoms with E-state index in [-0.39, 0.29) is 11.5 Å². The summed E-state index contributed by atoms with van der Waals surface area (Å²) in [4.78, 5) is 10.1. The number of aliphatic carboxylic acids is 1. The van der Waals surface area contributed by atoms with Crippen LogP contribution >= 0.6 is 0 Å². The van der Waals surface area contributed by atoms with E-state index in [9.17, 15) is 4.79 Å². The van der Waals surface area contributed by atoms with Gasteiger partial charge in [0.05, 0.1) is 14.2 Å². The zero-order chi connectivity index (χ0) is 18.1. The third kappa shape index (κ3) is 5.80. The van der Waals surface area contributed by atoms with Gasteiger partial charge in [-0.15, -0.1) is 0 Å². The number of phenolic OH excluding ortho intramolecular Hbond substituents is 2. The molecular weight excluding hydrogens is 314 g/mol. The molecule has 0 amide bonds. The molecule has 2 rings (SSSR count). The fourth-order valence-corrected chi connectivity index (χ4v) is 1.66. The number of nitrogen functional groups attached to an aromatic ring is 1. The van der Waals surface area contributed by atoms with Crippen molar-refractivity contribution >= 4 is 17.7 Å². The Morgan fingerprint density at radius 1 is 1.00 bits per heavy atom. The molecule has 0 aliphatic carbocycles. The van der Waals surface area contributed by atoms with Crippen molar-refractivity contribution in [1.29, 1.82) is 0 Å². The maximum atomic E-state index is 10.1. The van der Waals surface area contributed by atoms with Crippen LogP contribution in [0.15, 0.2) is 42.5 Å². The van der Waals surface area contributed by atoms with Crippen molar-refractivity contribution in [3.05, 3.63) is 48.0 Å². The van der Waals surface area contributed by atoms with Gasteiger partial charge in [0, 0.05) is 17.8 Å². The maximum Gasteiger partial charge on any atom is 0.328 e. The van der Waals surface area contributed by atoms with E-state index in [1.165, 1.54) is 24.3 Å². The molecule has 128 valence electrons. The third-order valence-electron chi connectivity index (χ3n) is 2.83. The Bertz CT molecular complexity index is 727. The molecule has 5 N–H and O–H groups in total. The summed E-state index contributed by atoms with van der Waals surface area (Å²) in [7, 11) is 3.17. The normalized spacial score (nSPS) is 9.92. The molecule has 0 bridgehead atoms. The van der Waals surface area contributed by atoms with Crippen LogP contribution in [-0.2, 0) is 4.79 Å². The zero-order valence-corrected chi connectivity index (χ0v) is 13.3. The molecule has 0 saturated carbocycles. The smallest absolute Gasteiger partial charge is 0.328 e. The Kier molecular flexibility index (Phi) is 6.97. The topological polar surface area (TPSA) is 122 Å². The van der Waals surface area contributed by atoms with Crippen LogP contribution < -0.4 is 15.2 Å². The Hall–Kier alpha value is -3.35. The average molecular weight is 333 g/mol. The molecule has 2 aromatic carbocycles. The zero-order valence-electron chi connectivity index (χ0n) is 13.3. The molecule has 0 aliphatic rings. The number of anilines is 1. The number of carbonyl (C=O) groups is 1. The lowest BCUT2D eigenvalue weighted by Gasteiger charge is -2.06. The fourth-order valence-electron chi connectivity index (χ4n) is 1.66. The van der Waals surface area contributed by atoms with Crippen molar-refractivity contribution < 1.29 is 29.6 Å². The lowest BCUT2D eigenvalue weighted by Crippen LogP contribution is -1.92. The van der Waals surface area contributed by atoms with Gasteiger partial charge < -0.3 is 30.5 Å². The molecule has 0 spiro atoms. The van der Waals surface area contributed by atoms with Gasteiger partial charge in [-0.3, -0.25) is 0 Å². The number of carboxylic acid groups (broad SMARTS) is 1. The van der Waals surface area contributed by atoms with Gasteiger partial charge >= 0.3 is 5.97 Å². The molecule has 24 heavy (non-hydrogen) atoms. The minimum atomic E-state index is -1.06. The number of phenols is 2. The quantitative estimate of drug-likeness (QED) is 0.385. The minimum absolute atomic E-state index is 0.229. The molecule has 0 saturated heterocycles. The van der Waals surface area contributed by atoms with Crippen molar-refractivity contribution in [2.75, 3.05) is 20.0 Å². The van der Waals surface area contributed by atoms with E-state index in [0.29, 0.717) is 22.7 Å². The van der Waals surface area contributed by atoms with Gasteiger partial charge in [0.15, 0.2) is 23.0 Å². The standard InChI is InChI=1S/C9H8O4.C8H11NO2/c10-7-3-1-6(5-8(7)11)2-4-9(12)13;1-10-7-4-3-6(9)5-8(7)11-2/h1-5,10-11H,(H,12,13);3-5H,9H2,1-2H3/b4-2+;.